The average Bonchev–Trinajstić information content (AvgIpc) is 2.53. The summed E-state index contributed by atoms with van der Waals surface area (Å²) in [5, 5.41) is 2.84. The maximum atomic E-state index is 11.9. The van der Waals surface area contributed by atoms with Gasteiger partial charge in [0.05, 0.1) is 19.8 Å². The van der Waals surface area contributed by atoms with E-state index in [0.29, 0.717) is 19.8 Å². The van der Waals surface area contributed by atoms with E-state index in [1.54, 1.807) is 0 Å². The smallest absolute Gasteiger partial charge is 0.372 e. The van der Waals surface area contributed by atoms with E-state index in [1.807, 2.05) is 30.3 Å². The van der Waals surface area contributed by atoms with E-state index < -0.39 is 8.80 Å². The number of carbonyl (C=O) groups is 1. The number of benzene rings is 1. The van der Waals surface area contributed by atoms with Crippen LogP contribution in [-0.4, -0.2) is 64.2 Å². The zero-order valence-corrected chi connectivity index (χ0v) is 15.6. The largest absolute Gasteiger partial charge is 0.501 e. The number of hydrogen-bond acceptors (Lipinski definition) is 6. The van der Waals surface area contributed by atoms with E-state index in [1.165, 1.54) is 11.8 Å². The summed E-state index contributed by atoms with van der Waals surface area (Å²) in [5.74, 6) is 0.732. The third kappa shape index (κ3) is 5.30. The van der Waals surface area contributed by atoms with Crippen LogP contribution in [0.5, 0.6) is 0 Å². The number of nitrogens with one attached hydrogen (secondary N) is 1. The number of fused-ring (bicyclic) bond motifs is 6. The molecule has 8 heteroatoms. The molecule has 2 bridgehead atoms. The van der Waals surface area contributed by atoms with Crippen molar-refractivity contribution in [3.05, 3.63) is 30.3 Å². The molecule has 0 aromatic heterocycles. The summed E-state index contributed by atoms with van der Waals surface area (Å²) in [6, 6.07) is 10.3. The second kappa shape index (κ2) is 8.98. The number of amides is 1. The van der Waals surface area contributed by atoms with Crippen LogP contribution >= 0.6 is 11.8 Å². The number of hydrogen-bond donors (Lipinski definition) is 1. The maximum Gasteiger partial charge on any atom is 0.501 e. The Kier molecular flexibility index (Phi) is 6.70. The average molecular weight is 369 g/mol. The fraction of sp³-hybridized carbons (Fsp3) is 0.562. The van der Waals surface area contributed by atoms with Crippen molar-refractivity contribution in [3.8, 4) is 0 Å². The molecule has 1 aromatic rings. The van der Waals surface area contributed by atoms with Gasteiger partial charge in [-0.25, -0.2) is 0 Å². The van der Waals surface area contributed by atoms with Crippen LogP contribution in [0.2, 0.25) is 6.04 Å². The van der Waals surface area contributed by atoms with E-state index in [0.717, 1.165) is 43.5 Å². The Morgan fingerprint density at radius 2 is 1.71 bits per heavy atom. The highest BCUT2D eigenvalue weighted by Gasteiger charge is 2.43. The van der Waals surface area contributed by atoms with Crippen LogP contribution in [0.1, 0.15) is 6.42 Å². The second-order valence-corrected chi connectivity index (χ2v) is 9.60. The summed E-state index contributed by atoms with van der Waals surface area (Å²) < 4.78 is 18.0. The zero-order valence-electron chi connectivity index (χ0n) is 13.7. The Balaban J connectivity index is 1.40. The molecule has 3 aliphatic rings. The first kappa shape index (κ1) is 17.9. The Morgan fingerprint density at radius 3 is 2.33 bits per heavy atom. The maximum absolute atomic E-state index is 11.9. The van der Waals surface area contributed by atoms with Crippen LogP contribution in [0.15, 0.2) is 30.3 Å². The van der Waals surface area contributed by atoms with Crippen molar-refractivity contribution >= 4 is 31.5 Å². The fourth-order valence-electron chi connectivity index (χ4n) is 2.80. The molecule has 1 amide bonds. The molecular weight excluding hydrogens is 344 g/mol. The van der Waals surface area contributed by atoms with Crippen molar-refractivity contribution in [1.82, 2.24) is 4.90 Å². The normalized spacial score (nSPS) is 27.1. The van der Waals surface area contributed by atoms with Gasteiger partial charge in [-0.2, -0.15) is 0 Å². The summed E-state index contributed by atoms with van der Waals surface area (Å²) in [7, 11) is -2.55. The monoisotopic (exact) mass is 368 g/mol. The summed E-state index contributed by atoms with van der Waals surface area (Å²) in [6.45, 7) is 4.89. The Hall–Kier alpha value is -0.903. The molecule has 3 heterocycles. The van der Waals surface area contributed by atoms with Gasteiger partial charge in [-0.1, -0.05) is 30.0 Å². The lowest BCUT2D eigenvalue weighted by molar-refractivity contribution is -0.00828. The van der Waals surface area contributed by atoms with Gasteiger partial charge < -0.3 is 18.6 Å². The highest BCUT2D eigenvalue weighted by Crippen LogP contribution is 2.23. The van der Waals surface area contributed by atoms with E-state index in [2.05, 4.69) is 10.2 Å². The van der Waals surface area contributed by atoms with Gasteiger partial charge in [-0.15, -0.1) is 0 Å². The molecule has 0 radical (unpaired) electrons. The third-order valence-electron chi connectivity index (χ3n) is 4.07. The van der Waals surface area contributed by atoms with Crippen LogP contribution in [0.25, 0.3) is 0 Å². The Morgan fingerprint density at radius 1 is 1.08 bits per heavy atom. The predicted octanol–water partition coefficient (Wildman–Crippen LogP) is 2.66. The number of anilines is 1. The van der Waals surface area contributed by atoms with E-state index in [-0.39, 0.29) is 5.24 Å². The van der Waals surface area contributed by atoms with Crippen LogP contribution in [0.4, 0.5) is 10.5 Å². The predicted molar refractivity (Wildman–Crippen MR) is 97.4 cm³/mol. The van der Waals surface area contributed by atoms with Gasteiger partial charge in [0.2, 0.25) is 0 Å². The summed E-state index contributed by atoms with van der Waals surface area (Å²) in [5.41, 5.74) is 0.822. The molecule has 0 saturated carbocycles. The molecule has 6 nitrogen and oxygen atoms in total. The quantitative estimate of drug-likeness (QED) is 0.637. The molecule has 3 fully saturated rings. The van der Waals surface area contributed by atoms with Crippen molar-refractivity contribution in [2.45, 2.75) is 12.5 Å². The number of nitrogens with zero attached hydrogens (tertiary/aromatic N) is 1. The van der Waals surface area contributed by atoms with Gasteiger partial charge in [0.25, 0.3) is 5.24 Å². The summed E-state index contributed by atoms with van der Waals surface area (Å²) in [4.78, 5) is 14.2. The van der Waals surface area contributed by atoms with Crippen molar-refractivity contribution in [2.24, 2.45) is 0 Å². The standard InChI is InChI=1S/C16H24N2O4SSi/c19-16(17-15-5-2-1-3-6-15)23-13-4-14-24-20-10-7-18(8-11-21-24)9-12-22-24/h1-3,5-6H,4,7-14H2,(H,17,19). The van der Waals surface area contributed by atoms with Crippen LogP contribution < -0.4 is 5.32 Å². The van der Waals surface area contributed by atoms with Crippen LogP contribution in [-0.2, 0) is 13.3 Å². The SMILES string of the molecule is O=C(Nc1ccccc1)SCCC[Si]12OCCN(CCO1)CCO2. The third-order valence-corrected chi connectivity index (χ3v) is 7.82. The first-order valence-corrected chi connectivity index (χ1v) is 11.3. The fourth-order valence-corrected chi connectivity index (χ4v) is 6.22. The number of para-hydroxylation sites is 1. The van der Waals surface area contributed by atoms with Crippen LogP contribution in [0.3, 0.4) is 0 Å². The Bertz CT molecular complexity index is 508. The summed E-state index contributed by atoms with van der Waals surface area (Å²) in [6.07, 6.45) is 0.850. The number of carbonyl (C=O) groups excluding carboxylic acids is 1. The lowest BCUT2D eigenvalue weighted by atomic mass is 10.3. The molecular formula is C16H24N2O4SSi. The highest BCUT2D eigenvalue weighted by atomic mass is 32.2. The first-order valence-electron chi connectivity index (χ1n) is 8.39. The molecule has 0 atom stereocenters. The molecule has 0 unspecified atom stereocenters. The van der Waals surface area contributed by atoms with Crippen LogP contribution in [0, 0.1) is 0 Å². The molecule has 0 spiro atoms. The molecule has 0 aliphatic carbocycles. The minimum absolute atomic E-state index is 0.0332. The molecule has 132 valence electrons. The Labute approximate surface area is 148 Å². The van der Waals surface area contributed by atoms with Crippen molar-refractivity contribution in [3.63, 3.8) is 0 Å². The van der Waals surface area contributed by atoms with Gasteiger partial charge in [-0.05, 0) is 18.6 Å². The van der Waals surface area contributed by atoms with Gasteiger partial charge >= 0.3 is 8.80 Å². The lowest BCUT2D eigenvalue weighted by Crippen LogP contribution is -2.55. The van der Waals surface area contributed by atoms with Gasteiger partial charge in [0.1, 0.15) is 0 Å². The molecule has 4 rings (SSSR count). The molecule has 1 N–H and O–H groups in total. The van der Waals surface area contributed by atoms with Crippen molar-refractivity contribution < 1.29 is 18.1 Å². The minimum Gasteiger partial charge on any atom is -0.372 e. The van der Waals surface area contributed by atoms with Gasteiger partial charge in [-0.3, -0.25) is 9.69 Å². The van der Waals surface area contributed by atoms with Gasteiger partial charge in [0, 0.05) is 37.1 Å². The van der Waals surface area contributed by atoms with E-state index in [4.69, 9.17) is 13.3 Å². The lowest BCUT2D eigenvalue weighted by Gasteiger charge is -2.38. The van der Waals surface area contributed by atoms with Gasteiger partial charge in [0.15, 0.2) is 0 Å². The second-order valence-electron chi connectivity index (χ2n) is 5.80. The van der Waals surface area contributed by atoms with E-state index in [9.17, 15) is 4.79 Å². The number of rotatable bonds is 5. The topological polar surface area (TPSA) is 60.0 Å². The molecule has 3 saturated heterocycles. The van der Waals surface area contributed by atoms with E-state index >= 15 is 0 Å². The minimum atomic E-state index is -2.55. The van der Waals surface area contributed by atoms with Crippen molar-refractivity contribution in [1.29, 1.82) is 0 Å². The number of thioether (sulfide) groups is 1. The highest BCUT2D eigenvalue weighted by molar-refractivity contribution is 8.13. The summed E-state index contributed by atoms with van der Waals surface area (Å²) >= 11 is 1.29. The zero-order chi connectivity index (χ0) is 16.7. The first-order chi connectivity index (χ1) is 11.8. The molecule has 3 aliphatic heterocycles. The molecule has 1 aromatic carbocycles. The van der Waals surface area contributed by atoms with Crippen molar-refractivity contribution in [2.75, 3.05) is 50.5 Å². The molecule has 24 heavy (non-hydrogen) atoms.